The molecule has 0 spiro atoms. The molecule has 0 aliphatic carbocycles. The van der Waals surface area contributed by atoms with Crippen LogP contribution < -0.4 is 5.32 Å². The van der Waals surface area contributed by atoms with Crippen LogP contribution in [0.4, 0.5) is 14.9 Å². The summed E-state index contributed by atoms with van der Waals surface area (Å²) in [4.78, 5) is 27.8. The van der Waals surface area contributed by atoms with Crippen LogP contribution in [0.25, 0.3) is 0 Å². The van der Waals surface area contributed by atoms with Crippen molar-refractivity contribution in [2.75, 3.05) is 25.0 Å². The Balaban J connectivity index is 1.70. The summed E-state index contributed by atoms with van der Waals surface area (Å²) in [5.41, 5.74) is 0.579. The van der Waals surface area contributed by atoms with E-state index >= 15 is 0 Å². The molecule has 3 aliphatic heterocycles. The Bertz CT molecular complexity index is 575. The predicted molar refractivity (Wildman–Crippen MR) is 80.9 cm³/mol. The van der Waals surface area contributed by atoms with Crippen molar-refractivity contribution in [2.24, 2.45) is 5.92 Å². The maximum Gasteiger partial charge on any atom is 0.322 e. The number of hydrogen-bond donors (Lipinski definition) is 1. The van der Waals surface area contributed by atoms with E-state index in [0.717, 1.165) is 19.4 Å². The molecular formula is C16H20FN3O2. The molecule has 3 fully saturated rings. The van der Waals surface area contributed by atoms with E-state index in [-0.39, 0.29) is 23.8 Å². The number of benzene rings is 1. The summed E-state index contributed by atoms with van der Waals surface area (Å²) in [6.07, 6.45) is 1.97. The number of nitrogens with zero attached hydrogens (tertiary/aromatic N) is 2. The highest BCUT2D eigenvalue weighted by Gasteiger charge is 2.37. The molecule has 1 aromatic rings. The van der Waals surface area contributed by atoms with Gasteiger partial charge in [0.05, 0.1) is 6.04 Å². The molecule has 0 saturated carbocycles. The SMILES string of the molecule is CC(=O)N1C[C@@H]2CC[C@H](C1)N(C(=O)Nc1ccc(F)cc1)C2. The molecule has 1 N–H and O–H groups in total. The summed E-state index contributed by atoms with van der Waals surface area (Å²) in [6.45, 7) is 3.57. The Morgan fingerprint density at radius 2 is 1.86 bits per heavy atom. The van der Waals surface area contributed by atoms with E-state index in [1.807, 2.05) is 9.80 Å². The Labute approximate surface area is 129 Å². The van der Waals surface area contributed by atoms with Crippen molar-refractivity contribution in [3.8, 4) is 0 Å². The highest BCUT2D eigenvalue weighted by molar-refractivity contribution is 5.89. The first kappa shape index (κ1) is 14.8. The third-order valence-electron chi connectivity index (χ3n) is 4.52. The molecule has 1 aromatic carbocycles. The van der Waals surface area contributed by atoms with E-state index in [2.05, 4.69) is 5.32 Å². The molecule has 4 rings (SSSR count). The predicted octanol–water partition coefficient (Wildman–Crippen LogP) is 2.30. The number of rotatable bonds is 1. The normalized spacial score (nSPS) is 24.1. The van der Waals surface area contributed by atoms with Crippen molar-refractivity contribution in [3.05, 3.63) is 30.1 Å². The van der Waals surface area contributed by atoms with Crippen molar-refractivity contribution >= 4 is 17.6 Å². The van der Waals surface area contributed by atoms with Crippen molar-refractivity contribution in [2.45, 2.75) is 25.8 Å². The first-order chi connectivity index (χ1) is 10.5. The highest BCUT2D eigenvalue weighted by Crippen LogP contribution is 2.28. The second-order valence-corrected chi connectivity index (χ2v) is 6.11. The molecule has 0 unspecified atom stereocenters. The van der Waals surface area contributed by atoms with Gasteiger partial charge in [0.25, 0.3) is 0 Å². The summed E-state index contributed by atoms with van der Waals surface area (Å²) in [7, 11) is 0. The van der Waals surface area contributed by atoms with Gasteiger partial charge in [-0.05, 0) is 43.0 Å². The largest absolute Gasteiger partial charge is 0.341 e. The zero-order chi connectivity index (χ0) is 15.7. The zero-order valence-electron chi connectivity index (χ0n) is 12.6. The Morgan fingerprint density at radius 1 is 1.14 bits per heavy atom. The first-order valence-corrected chi connectivity index (χ1v) is 7.61. The summed E-state index contributed by atoms with van der Waals surface area (Å²) in [5, 5.41) is 2.81. The summed E-state index contributed by atoms with van der Waals surface area (Å²) >= 11 is 0. The third-order valence-corrected chi connectivity index (χ3v) is 4.52. The van der Waals surface area contributed by atoms with Gasteiger partial charge in [-0.1, -0.05) is 0 Å². The monoisotopic (exact) mass is 305 g/mol. The topological polar surface area (TPSA) is 52.7 Å². The van der Waals surface area contributed by atoms with Crippen LogP contribution >= 0.6 is 0 Å². The van der Waals surface area contributed by atoms with Gasteiger partial charge in [0.1, 0.15) is 5.82 Å². The summed E-state index contributed by atoms with van der Waals surface area (Å²) in [5.74, 6) is 0.0724. The molecule has 118 valence electrons. The molecule has 0 aromatic heterocycles. The van der Waals surface area contributed by atoms with Crippen molar-refractivity contribution < 1.29 is 14.0 Å². The lowest BCUT2D eigenvalue weighted by atomic mass is 9.95. The van der Waals surface area contributed by atoms with E-state index in [4.69, 9.17) is 0 Å². The fourth-order valence-electron chi connectivity index (χ4n) is 3.32. The van der Waals surface area contributed by atoms with Crippen LogP contribution in [0.2, 0.25) is 0 Å². The van der Waals surface area contributed by atoms with Crippen molar-refractivity contribution in [3.63, 3.8) is 0 Å². The molecule has 2 atom stereocenters. The molecule has 5 nitrogen and oxygen atoms in total. The highest BCUT2D eigenvalue weighted by atomic mass is 19.1. The zero-order valence-corrected chi connectivity index (χ0v) is 12.6. The van der Waals surface area contributed by atoms with Gasteiger partial charge >= 0.3 is 6.03 Å². The van der Waals surface area contributed by atoms with E-state index in [9.17, 15) is 14.0 Å². The van der Waals surface area contributed by atoms with Crippen LogP contribution in [0, 0.1) is 11.7 Å². The number of amides is 3. The van der Waals surface area contributed by atoms with Crippen LogP contribution in [0.1, 0.15) is 19.8 Å². The average Bonchev–Trinajstić information content (AvgIpc) is 2.81. The van der Waals surface area contributed by atoms with Crippen LogP contribution in [0.15, 0.2) is 24.3 Å². The standard InChI is InChI=1S/C16H20FN3O2/c1-11(21)19-8-12-2-7-15(10-19)20(9-12)16(22)18-14-5-3-13(17)4-6-14/h3-6,12,15H,2,7-10H2,1H3,(H,18,22)/t12-,15+/m0/s1. The molecule has 3 heterocycles. The second kappa shape index (κ2) is 5.94. The van der Waals surface area contributed by atoms with E-state index in [0.29, 0.717) is 24.7 Å². The number of nitrogens with one attached hydrogen (secondary N) is 1. The molecule has 3 aliphatic rings. The van der Waals surface area contributed by atoms with Crippen LogP contribution in [0.3, 0.4) is 0 Å². The number of anilines is 1. The van der Waals surface area contributed by atoms with E-state index < -0.39 is 0 Å². The minimum absolute atomic E-state index is 0.0584. The number of halogens is 1. The van der Waals surface area contributed by atoms with Gasteiger partial charge in [-0.15, -0.1) is 0 Å². The third kappa shape index (κ3) is 3.05. The number of carbonyl (C=O) groups excluding carboxylic acids is 2. The molecule has 3 saturated heterocycles. The molecule has 22 heavy (non-hydrogen) atoms. The van der Waals surface area contributed by atoms with Crippen molar-refractivity contribution in [1.82, 2.24) is 9.80 Å². The fraction of sp³-hybridized carbons (Fsp3) is 0.500. The van der Waals surface area contributed by atoms with Crippen LogP contribution in [-0.2, 0) is 4.79 Å². The lowest BCUT2D eigenvalue weighted by Crippen LogP contribution is -2.49. The minimum atomic E-state index is -0.330. The molecule has 6 heteroatoms. The van der Waals surface area contributed by atoms with E-state index in [1.165, 1.54) is 12.1 Å². The number of fused-ring (bicyclic) bond motifs is 4. The van der Waals surface area contributed by atoms with Gasteiger partial charge in [0.2, 0.25) is 5.91 Å². The molecular weight excluding hydrogens is 285 g/mol. The van der Waals surface area contributed by atoms with Gasteiger partial charge in [0.15, 0.2) is 0 Å². The van der Waals surface area contributed by atoms with E-state index in [1.54, 1.807) is 19.1 Å². The summed E-state index contributed by atoms with van der Waals surface area (Å²) < 4.78 is 12.9. The van der Waals surface area contributed by atoms with Crippen molar-refractivity contribution in [1.29, 1.82) is 0 Å². The first-order valence-electron chi connectivity index (χ1n) is 7.61. The van der Waals surface area contributed by atoms with Gasteiger partial charge in [-0.3, -0.25) is 4.79 Å². The summed E-state index contributed by atoms with van der Waals surface area (Å²) in [6, 6.07) is 5.62. The Morgan fingerprint density at radius 3 is 2.55 bits per heavy atom. The number of carbonyl (C=O) groups is 2. The maximum absolute atomic E-state index is 12.9. The smallest absolute Gasteiger partial charge is 0.322 e. The lowest BCUT2D eigenvalue weighted by molar-refractivity contribution is -0.129. The van der Waals surface area contributed by atoms with Gasteiger partial charge < -0.3 is 15.1 Å². The minimum Gasteiger partial charge on any atom is -0.341 e. The Hall–Kier alpha value is -2.11. The fourth-order valence-corrected chi connectivity index (χ4v) is 3.32. The van der Waals surface area contributed by atoms with Gasteiger partial charge in [-0.25, -0.2) is 9.18 Å². The van der Waals surface area contributed by atoms with Crippen LogP contribution in [-0.4, -0.2) is 47.4 Å². The number of urea groups is 1. The average molecular weight is 305 g/mol. The number of hydrogen-bond acceptors (Lipinski definition) is 2. The Kier molecular flexibility index (Phi) is 4.00. The van der Waals surface area contributed by atoms with Crippen LogP contribution in [0.5, 0.6) is 0 Å². The quantitative estimate of drug-likeness (QED) is 0.865. The lowest BCUT2D eigenvalue weighted by Gasteiger charge is -2.35. The molecule has 0 radical (unpaired) electrons. The van der Waals surface area contributed by atoms with Gasteiger partial charge in [-0.2, -0.15) is 0 Å². The maximum atomic E-state index is 12.9. The second-order valence-electron chi connectivity index (χ2n) is 6.11. The molecule has 2 bridgehead atoms. The van der Waals surface area contributed by atoms with Gasteiger partial charge in [0, 0.05) is 32.2 Å². The number of piperidine rings is 1. The molecule has 3 amide bonds.